The van der Waals surface area contributed by atoms with E-state index in [1.165, 1.54) is 17.5 Å². The second-order valence-corrected chi connectivity index (χ2v) is 4.63. The highest BCUT2D eigenvalue weighted by molar-refractivity contribution is 7.10. The number of rotatable bonds is 4. The number of hydrogen-bond acceptors (Lipinski definition) is 7. The number of anilines is 1. The highest BCUT2D eigenvalue weighted by Crippen LogP contribution is 2.19. The average molecular weight is 276 g/mol. The number of carbonyl (C=O) groups is 1. The van der Waals surface area contributed by atoms with E-state index in [2.05, 4.69) is 20.7 Å². The molecule has 3 aromatic rings. The molecule has 8 heteroatoms. The minimum atomic E-state index is -0.213. The Morgan fingerprint density at radius 2 is 2.32 bits per heavy atom. The van der Waals surface area contributed by atoms with Crippen LogP contribution in [0.3, 0.4) is 0 Å². The number of aromatic nitrogens is 3. The normalized spacial score (nSPS) is 10.5. The van der Waals surface area contributed by atoms with Crippen LogP contribution in [0.5, 0.6) is 0 Å². The van der Waals surface area contributed by atoms with E-state index in [4.69, 9.17) is 8.94 Å². The molecular weight excluding hydrogens is 268 g/mol. The molecule has 1 N–H and O–H groups in total. The van der Waals surface area contributed by atoms with Gasteiger partial charge in [0.05, 0.1) is 12.6 Å². The molecule has 0 fully saturated rings. The van der Waals surface area contributed by atoms with E-state index in [9.17, 15) is 4.79 Å². The van der Waals surface area contributed by atoms with Gasteiger partial charge in [-0.05, 0) is 11.4 Å². The number of hydrogen-bond donors (Lipinski definition) is 1. The maximum absolute atomic E-state index is 11.7. The Balaban J connectivity index is 1.65. The molecule has 0 saturated heterocycles. The Kier molecular flexibility index (Phi) is 3.07. The van der Waals surface area contributed by atoms with Gasteiger partial charge in [-0.2, -0.15) is 0 Å². The fourth-order valence-corrected chi connectivity index (χ4v) is 2.14. The van der Waals surface area contributed by atoms with Crippen molar-refractivity contribution in [1.82, 2.24) is 15.4 Å². The van der Waals surface area contributed by atoms with E-state index in [0.717, 1.165) is 4.88 Å². The summed E-state index contributed by atoms with van der Waals surface area (Å²) in [5, 5.41) is 15.4. The van der Waals surface area contributed by atoms with Gasteiger partial charge in [-0.15, -0.1) is 16.4 Å². The molecule has 0 radical (unpaired) electrons. The van der Waals surface area contributed by atoms with Crippen molar-refractivity contribution in [3.05, 3.63) is 34.7 Å². The van der Waals surface area contributed by atoms with E-state index in [1.54, 1.807) is 6.07 Å². The molecule has 0 aromatic carbocycles. The van der Waals surface area contributed by atoms with Gasteiger partial charge in [-0.1, -0.05) is 16.3 Å². The van der Waals surface area contributed by atoms with Crippen LogP contribution in [0.1, 0.15) is 4.88 Å². The maximum Gasteiger partial charge on any atom is 0.322 e. The van der Waals surface area contributed by atoms with Crippen LogP contribution in [0.25, 0.3) is 11.7 Å². The average Bonchev–Trinajstić information content (AvgIpc) is 3.09. The summed E-state index contributed by atoms with van der Waals surface area (Å²) in [5.74, 6) is 0.311. The van der Waals surface area contributed by atoms with Crippen LogP contribution in [0.2, 0.25) is 0 Å². The van der Waals surface area contributed by atoms with Crippen LogP contribution >= 0.6 is 11.3 Å². The topological polar surface area (TPSA) is 94.1 Å². The zero-order valence-electron chi connectivity index (χ0n) is 9.57. The van der Waals surface area contributed by atoms with Crippen LogP contribution in [0.15, 0.2) is 38.7 Å². The van der Waals surface area contributed by atoms with Gasteiger partial charge in [0.15, 0.2) is 0 Å². The minimum absolute atomic E-state index is 0.0351. The number of carbonyl (C=O) groups excluding carboxylic acids is 1. The van der Waals surface area contributed by atoms with Crippen molar-refractivity contribution in [2.75, 3.05) is 5.32 Å². The fourth-order valence-electron chi connectivity index (χ4n) is 1.43. The summed E-state index contributed by atoms with van der Waals surface area (Å²) in [4.78, 5) is 12.7. The van der Waals surface area contributed by atoms with Crippen molar-refractivity contribution >= 4 is 23.3 Å². The molecule has 0 unspecified atom stereocenters. The number of thiophene rings is 1. The van der Waals surface area contributed by atoms with Crippen LogP contribution in [-0.4, -0.2) is 21.3 Å². The predicted octanol–water partition coefficient (Wildman–Crippen LogP) is 1.97. The van der Waals surface area contributed by atoms with Gasteiger partial charge in [0.1, 0.15) is 0 Å². The smallest absolute Gasteiger partial charge is 0.322 e. The second kappa shape index (κ2) is 5.02. The lowest BCUT2D eigenvalue weighted by Crippen LogP contribution is -2.13. The zero-order chi connectivity index (χ0) is 13.1. The summed E-state index contributed by atoms with van der Waals surface area (Å²) in [6.45, 7) is 0. The summed E-state index contributed by atoms with van der Waals surface area (Å²) in [5.41, 5.74) is 0. The van der Waals surface area contributed by atoms with Crippen molar-refractivity contribution < 1.29 is 13.7 Å². The Hall–Kier alpha value is -2.48. The molecule has 3 rings (SSSR count). The van der Waals surface area contributed by atoms with Crippen molar-refractivity contribution in [1.29, 1.82) is 0 Å². The quantitative estimate of drug-likeness (QED) is 0.782. The van der Waals surface area contributed by atoms with E-state index in [-0.39, 0.29) is 24.2 Å². The Bertz CT molecular complexity index is 660. The molecule has 7 nitrogen and oxygen atoms in total. The van der Waals surface area contributed by atoms with Gasteiger partial charge in [0.2, 0.25) is 11.7 Å². The molecule has 3 aromatic heterocycles. The highest BCUT2D eigenvalue weighted by Gasteiger charge is 2.14. The first kappa shape index (κ1) is 11.6. The first-order chi connectivity index (χ1) is 9.31. The summed E-state index contributed by atoms with van der Waals surface area (Å²) in [6, 6.07) is 5.40. The zero-order valence-corrected chi connectivity index (χ0v) is 10.4. The molecule has 0 saturated carbocycles. The van der Waals surface area contributed by atoms with Gasteiger partial charge in [-0.25, -0.2) is 0 Å². The Morgan fingerprint density at radius 1 is 1.37 bits per heavy atom. The lowest BCUT2D eigenvalue weighted by molar-refractivity contribution is -0.115. The predicted molar refractivity (Wildman–Crippen MR) is 66.4 cm³/mol. The van der Waals surface area contributed by atoms with Crippen molar-refractivity contribution in [3.63, 3.8) is 0 Å². The molecule has 0 aliphatic heterocycles. The summed E-state index contributed by atoms with van der Waals surface area (Å²) in [7, 11) is 0. The molecule has 0 aliphatic rings. The van der Waals surface area contributed by atoms with E-state index in [1.807, 2.05) is 17.5 Å². The van der Waals surface area contributed by atoms with Crippen molar-refractivity contribution in [2.24, 2.45) is 0 Å². The molecular formula is C11H8N4O3S. The number of nitrogens with one attached hydrogen (secondary N) is 1. The lowest BCUT2D eigenvalue weighted by Gasteiger charge is -1.97. The summed E-state index contributed by atoms with van der Waals surface area (Å²) >= 11 is 1.51. The minimum Gasteiger partial charge on any atom is -0.400 e. The Morgan fingerprint density at radius 3 is 3.05 bits per heavy atom. The van der Waals surface area contributed by atoms with Gasteiger partial charge >= 0.3 is 6.01 Å². The van der Waals surface area contributed by atoms with Gasteiger partial charge in [-0.3, -0.25) is 10.1 Å². The number of nitrogens with zero attached hydrogens (tertiary/aromatic N) is 3. The number of amides is 1. The first-order valence-corrected chi connectivity index (χ1v) is 6.26. The van der Waals surface area contributed by atoms with Crippen LogP contribution in [0.4, 0.5) is 6.01 Å². The molecule has 96 valence electrons. The second-order valence-electron chi connectivity index (χ2n) is 3.59. The molecule has 1 amide bonds. The monoisotopic (exact) mass is 276 g/mol. The molecule has 3 heterocycles. The maximum atomic E-state index is 11.7. The van der Waals surface area contributed by atoms with Gasteiger partial charge in [0, 0.05) is 10.9 Å². The Labute approximate surface area is 111 Å². The van der Waals surface area contributed by atoms with Crippen LogP contribution in [-0.2, 0) is 11.2 Å². The molecule has 0 bridgehead atoms. The van der Waals surface area contributed by atoms with E-state index >= 15 is 0 Å². The molecule has 0 atom stereocenters. The molecule has 0 spiro atoms. The first-order valence-electron chi connectivity index (χ1n) is 5.38. The summed E-state index contributed by atoms with van der Waals surface area (Å²) in [6.07, 6.45) is 1.74. The van der Waals surface area contributed by atoms with Crippen LogP contribution < -0.4 is 5.32 Å². The largest absolute Gasteiger partial charge is 0.400 e. The summed E-state index contributed by atoms with van der Waals surface area (Å²) < 4.78 is 10.1. The van der Waals surface area contributed by atoms with Crippen LogP contribution in [0, 0.1) is 0 Å². The van der Waals surface area contributed by atoms with E-state index < -0.39 is 0 Å². The van der Waals surface area contributed by atoms with Gasteiger partial charge in [0.25, 0.3) is 5.89 Å². The third-order valence-corrected chi connectivity index (χ3v) is 3.11. The lowest BCUT2D eigenvalue weighted by atomic mass is 10.3. The molecule has 19 heavy (non-hydrogen) atoms. The fraction of sp³-hybridized carbons (Fsp3) is 0.0909. The SMILES string of the molecule is O=C(Cc1cccs1)Nc1nnc(-c2ccno2)o1. The van der Waals surface area contributed by atoms with Crippen molar-refractivity contribution in [2.45, 2.75) is 6.42 Å². The van der Waals surface area contributed by atoms with E-state index in [0.29, 0.717) is 5.76 Å². The standard InChI is InChI=1S/C11H8N4O3S/c16-9(6-7-2-1-5-19-7)13-11-15-14-10(17-11)8-3-4-12-18-8/h1-5H,6H2,(H,13,15,16). The van der Waals surface area contributed by atoms with Crippen molar-refractivity contribution in [3.8, 4) is 11.7 Å². The molecule has 0 aliphatic carbocycles. The van der Waals surface area contributed by atoms with Gasteiger partial charge < -0.3 is 8.94 Å². The third kappa shape index (κ3) is 2.68. The highest BCUT2D eigenvalue weighted by atomic mass is 32.1. The third-order valence-electron chi connectivity index (χ3n) is 2.23.